The zero-order chi connectivity index (χ0) is 16.3. The highest BCUT2D eigenvalue weighted by Crippen LogP contribution is 2.17. The van der Waals surface area contributed by atoms with Crippen LogP contribution in [0.25, 0.3) is 0 Å². The van der Waals surface area contributed by atoms with E-state index >= 15 is 0 Å². The Hall–Kier alpha value is -0.650. The number of hydrogen-bond acceptors (Lipinski definition) is 5. The maximum absolute atomic E-state index is 11.9. The Kier molecular flexibility index (Phi) is 10.6. The molecule has 5 nitrogen and oxygen atoms in total. The fourth-order valence-electron chi connectivity index (χ4n) is 2.22. The molecule has 0 spiro atoms. The summed E-state index contributed by atoms with van der Waals surface area (Å²) in [5.74, 6) is -0.206. The molecule has 0 aliphatic heterocycles. The van der Waals surface area contributed by atoms with Gasteiger partial charge in [-0.15, -0.1) is 0 Å². The summed E-state index contributed by atoms with van der Waals surface area (Å²) in [6.07, 6.45) is 2.82. The molecule has 0 saturated carbocycles. The molecule has 0 heterocycles. The van der Waals surface area contributed by atoms with Gasteiger partial charge in [-0.3, -0.25) is 10.1 Å². The van der Waals surface area contributed by atoms with Gasteiger partial charge in [0.05, 0.1) is 26.4 Å². The first kappa shape index (κ1) is 20.3. The second kappa shape index (κ2) is 11.0. The topological polar surface area (TPSA) is 56.8 Å². The number of carbonyl (C=O) groups is 1. The third-order valence-corrected chi connectivity index (χ3v) is 3.14. The van der Waals surface area contributed by atoms with Crippen molar-refractivity contribution in [2.45, 2.75) is 71.6 Å². The van der Waals surface area contributed by atoms with E-state index in [0.29, 0.717) is 19.8 Å². The molecule has 0 aromatic rings. The molecule has 0 bridgehead atoms. The van der Waals surface area contributed by atoms with Crippen LogP contribution in [-0.4, -0.2) is 50.6 Å². The number of methoxy groups -OCH3 is 1. The minimum atomic E-state index is -0.621. The van der Waals surface area contributed by atoms with E-state index in [0.717, 1.165) is 19.3 Å². The Labute approximate surface area is 129 Å². The molecule has 0 aliphatic rings. The van der Waals surface area contributed by atoms with Gasteiger partial charge in [0.15, 0.2) is 0 Å². The van der Waals surface area contributed by atoms with Gasteiger partial charge in [0.2, 0.25) is 0 Å². The van der Waals surface area contributed by atoms with Crippen molar-refractivity contribution in [1.29, 1.82) is 0 Å². The van der Waals surface area contributed by atoms with E-state index in [1.54, 1.807) is 0 Å². The average molecular weight is 303 g/mol. The predicted molar refractivity (Wildman–Crippen MR) is 84.5 cm³/mol. The highest BCUT2D eigenvalue weighted by molar-refractivity contribution is 5.80. The standard InChI is InChI=1S/C16H33NO4/c1-13(2)17-16(5,15(18)19-6)9-7-8-10-20-11-12-21-14(3)4/h13-14,17H,7-12H2,1-6H3. The van der Waals surface area contributed by atoms with E-state index in [4.69, 9.17) is 14.2 Å². The molecular weight excluding hydrogens is 270 g/mol. The maximum atomic E-state index is 11.9. The van der Waals surface area contributed by atoms with Crippen molar-refractivity contribution in [3.05, 3.63) is 0 Å². The Morgan fingerprint density at radius 3 is 2.29 bits per heavy atom. The Morgan fingerprint density at radius 2 is 1.76 bits per heavy atom. The summed E-state index contributed by atoms with van der Waals surface area (Å²) in [5.41, 5.74) is -0.621. The van der Waals surface area contributed by atoms with Gasteiger partial charge in [-0.2, -0.15) is 0 Å². The molecule has 126 valence electrons. The van der Waals surface area contributed by atoms with Crippen molar-refractivity contribution in [2.24, 2.45) is 0 Å². The maximum Gasteiger partial charge on any atom is 0.325 e. The first-order valence-corrected chi connectivity index (χ1v) is 7.87. The van der Waals surface area contributed by atoms with Crippen LogP contribution >= 0.6 is 0 Å². The SMILES string of the molecule is COC(=O)C(C)(CCCCOCCOC(C)C)NC(C)C. The lowest BCUT2D eigenvalue weighted by atomic mass is 9.94. The lowest BCUT2D eigenvalue weighted by Crippen LogP contribution is -2.52. The van der Waals surface area contributed by atoms with Crippen molar-refractivity contribution in [2.75, 3.05) is 26.9 Å². The molecule has 0 aromatic heterocycles. The van der Waals surface area contributed by atoms with Crippen LogP contribution < -0.4 is 5.32 Å². The molecule has 5 heteroatoms. The summed E-state index contributed by atoms with van der Waals surface area (Å²) in [6, 6.07) is 0.235. The zero-order valence-corrected chi connectivity index (χ0v) is 14.5. The number of nitrogens with one attached hydrogen (secondary N) is 1. The summed E-state index contributed by atoms with van der Waals surface area (Å²) in [6.45, 7) is 11.9. The molecule has 0 saturated heterocycles. The number of unbranched alkanes of at least 4 members (excludes halogenated alkanes) is 1. The van der Waals surface area contributed by atoms with E-state index < -0.39 is 5.54 Å². The van der Waals surface area contributed by atoms with E-state index in [9.17, 15) is 4.79 Å². The predicted octanol–water partition coefficient (Wildman–Crippen LogP) is 2.53. The first-order chi connectivity index (χ1) is 9.81. The highest BCUT2D eigenvalue weighted by atomic mass is 16.5. The minimum absolute atomic E-state index is 0.206. The lowest BCUT2D eigenvalue weighted by molar-refractivity contribution is -0.148. The summed E-state index contributed by atoms with van der Waals surface area (Å²) in [5, 5.41) is 3.30. The molecule has 0 fully saturated rings. The van der Waals surface area contributed by atoms with Crippen LogP contribution in [0, 0.1) is 0 Å². The van der Waals surface area contributed by atoms with Gasteiger partial charge >= 0.3 is 5.97 Å². The normalized spacial score (nSPS) is 14.5. The molecule has 0 aliphatic carbocycles. The second-order valence-electron chi connectivity index (χ2n) is 6.11. The molecule has 1 atom stereocenters. The van der Waals surface area contributed by atoms with Crippen molar-refractivity contribution < 1.29 is 19.0 Å². The van der Waals surface area contributed by atoms with E-state index in [2.05, 4.69) is 5.32 Å². The first-order valence-electron chi connectivity index (χ1n) is 7.87. The van der Waals surface area contributed by atoms with Gasteiger partial charge < -0.3 is 14.2 Å². The minimum Gasteiger partial charge on any atom is -0.468 e. The van der Waals surface area contributed by atoms with E-state index in [1.165, 1.54) is 7.11 Å². The Morgan fingerprint density at radius 1 is 1.10 bits per heavy atom. The summed E-state index contributed by atoms with van der Waals surface area (Å²) >= 11 is 0. The van der Waals surface area contributed by atoms with Crippen molar-refractivity contribution >= 4 is 5.97 Å². The van der Waals surface area contributed by atoms with Crippen LogP contribution in [0.4, 0.5) is 0 Å². The van der Waals surface area contributed by atoms with Crippen LogP contribution in [0.5, 0.6) is 0 Å². The van der Waals surface area contributed by atoms with Gasteiger partial charge in [-0.1, -0.05) is 0 Å². The van der Waals surface area contributed by atoms with Crippen LogP contribution in [-0.2, 0) is 19.0 Å². The Bertz CT molecular complexity index is 281. The number of rotatable bonds is 12. The number of hydrogen-bond donors (Lipinski definition) is 1. The molecule has 1 unspecified atom stereocenters. The molecule has 21 heavy (non-hydrogen) atoms. The van der Waals surface area contributed by atoms with Gasteiger partial charge in [0.25, 0.3) is 0 Å². The quantitative estimate of drug-likeness (QED) is 0.443. The molecule has 0 rings (SSSR count). The summed E-state index contributed by atoms with van der Waals surface area (Å²) in [4.78, 5) is 11.9. The number of ether oxygens (including phenoxy) is 3. The van der Waals surface area contributed by atoms with E-state index in [1.807, 2.05) is 34.6 Å². The lowest BCUT2D eigenvalue weighted by Gasteiger charge is -2.30. The molecule has 1 N–H and O–H groups in total. The van der Waals surface area contributed by atoms with Crippen molar-refractivity contribution in [3.63, 3.8) is 0 Å². The molecule has 0 aromatic carbocycles. The van der Waals surface area contributed by atoms with Crippen LogP contribution in [0.3, 0.4) is 0 Å². The fourth-order valence-corrected chi connectivity index (χ4v) is 2.22. The largest absolute Gasteiger partial charge is 0.468 e. The zero-order valence-electron chi connectivity index (χ0n) is 14.5. The van der Waals surface area contributed by atoms with Gasteiger partial charge in [0, 0.05) is 12.6 Å². The summed E-state index contributed by atoms with van der Waals surface area (Å²) < 4.78 is 15.8. The monoisotopic (exact) mass is 303 g/mol. The second-order valence-corrected chi connectivity index (χ2v) is 6.11. The summed E-state index contributed by atoms with van der Waals surface area (Å²) in [7, 11) is 1.43. The molecule has 0 amide bonds. The van der Waals surface area contributed by atoms with Crippen LogP contribution in [0.1, 0.15) is 53.9 Å². The number of carbonyl (C=O) groups excluding carboxylic acids is 1. The fraction of sp³-hybridized carbons (Fsp3) is 0.938. The van der Waals surface area contributed by atoms with Crippen LogP contribution in [0.2, 0.25) is 0 Å². The van der Waals surface area contributed by atoms with Crippen molar-refractivity contribution in [3.8, 4) is 0 Å². The molecule has 0 radical (unpaired) electrons. The Balaban J connectivity index is 3.86. The highest BCUT2D eigenvalue weighted by Gasteiger charge is 2.33. The van der Waals surface area contributed by atoms with Crippen molar-refractivity contribution in [1.82, 2.24) is 5.32 Å². The third kappa shape index (κ3) is 9.82. The van der Waals surface area contributed by atoms with Gasteiger partial charge in [-0.05, 0) is 53.9 Å². The average Bonchev–Trinajstić information content (AvgIpc) is 2.39. The van der Waals surface area contributed by atoms with Crippen LogP contribution in [0.15, 0.2) is 0 Å². The third-order valence-electron chi connectivity index (χ3n) is 3.14. The smallest absolute Gasteiger partial charge is 0.325 e. The van der Waals surface area contributed by atoms with Gasteiger partial charge in [-0.25, -0.2) is 0 Å². The molecular formula is C16H33NO4. The van der Waals surface area contributed by atoms with E-state index in [-0.39, 0.29) is 18.1 Å². The van der Waals surface area contributed by atoms with Gasteiger partial charge in [0.1, 0.15) is 5.54 Å². The number of esters is 1.